The van der Waals surface area contributed by atoms with Gasteiger partial charge in [-0.1, -0.05) is 11.6 Å². The van der Waals surface area contributed by atoms with Crippen molar-refractivity contribution in [2.45, 2.75) is 6.04 Å². The number of hydrogen-bond donors (Lipinski definition) is 2. The summed E-state index contributed by atoms with van der Waals surface area (Å²) in [5.41, 5.74) is 5.27. The van der Waals surface area contributed by atoms with Gasteiger partial charge in [-0.2, -0.15) is 0 Å². The van der Waals surface area contributed by atoms with Gasteiger partial charge in [0.05, 0.1) is 37.4 Å². The van der Waals surface area contributed by atoms with Gasteiger partial charge in [-0.25, -0.2) is 0 Å². The smallest absolute Gasteiger partial charge is 0.296 e. The molecular formula is C10H13ClN2O5. The van der Waals surface area contributed by atoms with Gasteiger partial charge in [-0.3, -0.25) is 10.1 Å². The molecular weight excluding hydrogens is 264 g/mol. The molecule has 0 saturated heterocycles. The van der Waals surface area contributed by atoms with Gasteiger partial charge >= 0.3 is 0 Å². The molecule has 0 aliphatic rings. The van der Waals surface area contributed by atoms with E-state index < -0.39 is 23.3 Å². The number of hydrogen-bond acceptors (Lipinski definition) is 6. The number of nitro groups is 1. The number of aliphatic hydroxyl groups excluding tert-OH is 1. The van der Waals surface area contributed by atoms with E-state index in [1.54, 1.807) is 0 Å². The minimum absolute atomic E-state index is 0.00866. The lowest BCUT2D eigenvalue weighted by molar-refractivity contribution is -0.385. The number of aliphatic hydroxyl groups is 1. The number of nitrogens with zero attached hydrogens (tertiary/aromatic N) is 1. The van der Waals surface area contributed by atoms with Crippen LogP contribution in [0.1, 0.15) is 11.6 Å². The second-order valence-electron chi connectivity index (χ2n) is 3.40. The molecule has 3 N–H and O–H groups in total. The van der Waals surface area contributed by atoms with Crippen molar-refractivity contribution >= 4 is 17.3 Å². The third kappa shape index (κ3) is 2.47. The number of halogens is 1. The molecule has 0 fully saturated rings. The lowest BCUT2D eigenvalue weighted by Crippen LogP contribution is -2.18. The van der Waals surface area contributed by atoms with Crippen molar-refractivity contribution in [2.24, 2.45) is 5.73 Å². The molecule has 0 aliphatic heterocycles. The standard InChI is InChI=1S/C10H13ClN2O5/c1-17-7-3-5(11)9(13(15)16)8(6(12)4-14)10(7)18-2/h3,6,14H,4,12H2,1-2H3/t6-/m0/s1. The number of ether oxygens (including phenoxy) is 2. The molecule has 0 unspecified atom stereocenters. The zero-order chi connectivity index (χ0) is 13.9. The van der Waals surface area contributed by atoms with Crippen LogP contribution >= 0.6 is 11.6 Å². The molecule has 0 heterocycles. The Balaban J connectivity index is 3.66. The van der Waals surface area contributed by atoms with Gasteiger partial charge in [0.2, 0.25) is 0 Å². The molecule has 0 saturated carbocycles. The molecule has 0 aromatic heterocycles. The first kappa shape index (κ1) is 14.5. The van der Waals surface area contributed by atoms with Gasteiger partial charge < -0.3 is 20.3 Å². The molecule has 1 aromatic carbocycles. The SMILES string of the molecule is COc1cc(Cl)c([N+](=O)[O-])c([C@@H](N)CO)c1OC. The van der Waals surface area contributed by atoms with Crippen LogP contribution in [0.5, 0.6) is 11.5 Å². The van der Waals surface area contributed by atoms with E-state index in [0.29, 0.717) is 0 Å². The van der Waals surface area contributed by atoms with Crippen LogP contribution in [0.4, 0.5) is 5.69 Å². The van der Waals surface area contributed by atoms with Gasteiger partial charge in [-0.15, -0.1) is 0 Å². The largest absolute Gasteiger partial charge is 0.493 e. The highest BCUT2D eigenvalue weighted by Gasteiger charge is 2.30. The zero-order valence-corrected chi connectivity index (χ0v) is 10.6. The van der Waals surface area contributed by atoms with Gasteiger partial charge in [0.1, 0.15) is 5.02 Å². The summed E-state index contributed by atoms with van der Waals surface area (Å²) in [5, 5.41) is 20.0. The quantitative estimate of drug-likeness (QED) is 0.619. The maximum absolute atomic E-state index is 11.0. The Morgan fingerprint density at radius 3 is 2.56 bits per heavy atom. The van der Waals surface area contributed by atoms with Crippen LogP contribution in [0.3, 0.4) is 0 Å². The zero-order valence-electron chi connectivity index (χ0n) is 9.84. The van der Waals surface area contributed by atoms with Crippen LogP contribution in [0, 0.1) is 10.1 Å². The lowest BCUT2D eigenvalue weighted by Gasteiger charge is -2.17. The average molecular weight is 277 g/mol. The molecule has 1 atom stereocenters. The number of benzene rings is 1. The highest BCUT2D eigenvalue weighted by atomic mass is 35.5. The third-order valence-corrected chi connectivity index (χ3v) is 2.67. The summed E-state index contributed by atoms with van der Waals surface area (Å²) in [5.74, 6) is 0.308. The van der Waals surface area contributed by atoms with Crippen molar-refractivity contribution in [2.75, 3.05) is 20.8 Å². The van der Waals surface area contributed by atoms with Crippen LogP contribution < -0.4 is 15.2 Å². The summed E-state index contributed by atoms with van der Waals surface area (Å²) >= 11 is 5.82. The summed E-state index contributed by atoms with van der Waals surface area (Å²) < 4.78 is 10.1. The van der Waals surface area contributed by atoms with Crippen molar-refractivity contribution in [3.05, 3.63) is 26.8 Å². The summed E-state index contributed by atoms with van der Waals surface area (Å²) in [4.78, 5) is 10.3. The Bertz CT molecular complexity index is 466. The van der Waals surface area contributed by atoms with Crippen LogP contribution in [-0.4, -0.2) is 30.9 Å². The molecule has 0 bridgehead atoms. The van der Waals surface area contributed by atoms with E-state index in [0.717, 1.165) is 0 Å². The topological polar surface area (TPSA) is 108 Å². The number of nitrogens with two attached hydrogens (primary N) is 1. The van der Waals surface area contributed by atoms with E-state index in [1.807, 2.05) is 0 Å². The van der Waals surface area contributed by atoms with Gasteiger partial charge in [-0.05, 0) is 0 Å². The summed E-state index contributed by atoms with van der Waals surface area (Å²) in [6, 6.07) is 0.277. The monoisotopic (exact) mass is 276 g/mol. The van der Waals surface area contributed by atoms with E-state index in [1.165, 1.54) is 20.3 Å². The van der Waals surface area contributed by atoms with E-state index in [2.05, 4.69) is 0 Å². The van der Waals surface area contributed by atoms with Crippen molar-refractivity contribution in [1.29, 1.82) is 0 Å². The summed E-state index contributed by atoms with van der Waals surface area (Å²) in [7, 11) is 2.69. The Labute approximate surface area is 108 Å². The van der Waals surface area contributed by atoms with Crippen molar-refractivity contribution in [3.63, 3.8) is 0 Å². The van der Waals surface area contributed by atoms with Crippen LogP contribution in [0.2, 0.25) is 5.02 Å². The van der Waals surface area contributed by atoms with Gasteiger partial charge in [0.25, 0.3) is 5.69 Å². The van der Waals surface area contributed by atoms with E-state index in [-0.39, 0.29) is 22.1 Å². The predicted molar refractivity (Wildman–Crippen MR) is 65.2 cm³/mol. The number of methoxy groups -OCH3 is 2. The van der Waals surface area contributed by atoms with Crippen LogP contribution in [0.15, 0.2) is 6.07 Å². The third-order valence-electron chi connectivity index (χ3n) is 2.38. The fourth-order valence-corrected chi connectivity index (χ4v) is 1.87. The Kier molecular flexibility index (Phi) is 4.71. The van der Waals surface area contributed by atoms with E-state index in [4.69, 9.17) is 31.9 Å². The van der Waals surface area contributed by atoms with Crippen molar-refractivity contribution in [3.8, 4) is 11.5 Å². The molecule has 0 spiro atoms. The van der Waals surface area contributed by atoms with Crippen molar-refractivity contribution < 1.29 is 19.5 Å². The van der Waals surface area contributed by atoms with Crippen LogP contribution in [0.25, 0.3) is 0 Å². The highest BCUT2D eigenvalue weighted by Crippen LogP contribution is 2.44. The number of rotatable bonds is 5. The van der Waals surface area contributed by atoms with Crippen molar-refractivity contribution in [1.82, 2.24) is 0 Å². The van der Waals surface area contributed by atoms with Crippen LogP contribution in [-0.2, 0) is 0 Å². The molecule has 7 nitrogen and oxygen atoms in total. The molecule has 100 valence electrons. The Hall–Kier alpha value is -1.57. The predicted octanol–water partition coefficient (Wildman–Crippen LogP) is 1.26. The second kappa shape index (κ2) is 5.85. The molecule has 0 radical (unpaired) electrons. The molecule has 18 heavy (non-hydrogen) atoms. The molecule has 8 heteroatoms. The molecule has 0 amide bonds. The molecule has 1 rings (SSSR count). The van der Waals surface area contributed by atoms with Gasteiger partial charge in [0.15, 0.2) is 11.5 Å². The minimum Gasteiger partial charge on any atom is -0.493 e. The van der Waals surface area contributed by atoms with E-state index >= 15 is 0 Å². The first-order valence-electron chi connectivity index (χ1n) is 4.93. The normalized spacial score (nSPS) is 12.1. The fraction of sp³-hybridized carbons (Fsp3) is 0.400. The summed E-state index contributed by atoms with van der Waals surface area (Å²) in [6.07, 6.45) is 0. The fourth-order valence-electron chi connectivity index (χ4n) is 1.60. The first-order valence-corrected chi connectivity index (χ1v) is 5.30. The Morgan fingerprint density at radius 1 is 1.56 bits per heavy atom. The molecule has 0 aliphatic carbocycles. The maximum atomic E-state index is 11.0. The number of nitro benzene ring substituents is 1. The second-order valence-corrected chi connectivity index (χ2v) is 3.81. The Morgan fingerprint density at radius 2 is 2.17 bits per heavy atom. The lowest BCUT2D eigenvalue weighted by atomic mass is 10.0. The van der Waals surface area contributed by atoms with Gasteiger partial charge in [0, 0.05) is 6.07 Å². The highest BCUT2D eigenvalue weighted by molar-refractivity contribution is 6.33. The first-order chi connectivity index (χ1) is 8.47. The average Bonchev–Trinajstić information content (AvgIpc) is 2.35. The minimum atomic E-state index is -0.993. The molecule has 1 aromatic rings. The van der Waals surface area contributed by atoms with E-state index in [9.17, 15) is 10.1 Å². The summed E-state index contributed by atoms with van der Waals surface area (Å²) in [6.45, 7) is -0.485. The maximum Gasteiger partial charge on any atom is 0.296 e.